The Bertz CT molecular complexity index is 727. The van der Waals surface area contributed by atoms with E-state index in [1.54, 1.807) is 24.0 Å². The molecule has 0 atom stereocenters. The first-order chi connectivity index (χ1) is 11.6. The summed E-state index contributed by atoms with van der Waals surface area (Å²) in [4.78, 5) is 18.6. The Labute approximate surface area is 139 Å². The molecule has 1 amide bonds. The summed E-state index contributed by atoms with van der Waals surface area (Å²) >= 11 is 0. The van der Waals surface area contributed by atoms with E-state index in [0.29, 0.717) is 47.6 Å². The molecule has 0 aliphatic carbocycles. The average molecular weight is 333 g/mol. The molecule has 0 unspecified atom stereocenters. The van der Waals surface area contributed by atoms with Gasteiger partial charge in [-0.25, -0.2) is 0 Å². The lowest BCUT2D eigenvalue weighted by atomic mass is 9.98. The fourth-order valence-corrected chi connectivity index (χ4v) is 2.67. The van der Waals surface area contributed by atoms with E-state index in [4.69, 9.17) is 18.7 Å². The highest BCUT2D eigenvalue weighted by atomic mass is 16.5. The van der Waals surface area contributed by atoms with Crippen LogP contribution in [0.2, 0.25) is 0 Å². The summed E-state index contributed by atoms with van der Waals surface area (Å²) in [6.07, 6.45) is 0. The second kappa shape index (κ2) is 6.38. The van der Waals surface area contributed by atoms with Crippen molar-refractivity contribution in [2.24, 2.45) is 0 Å². The predicted molar refractivity (Wildman–Crippen MR) is 83.8 cm³/mol. The van der Waals surface area contributed by atoms with Gasteiger partial charge < -0.3 is 23.6 Å². The van der Waals surface area contributed by atoms with Crippen LogP contribution in [0.25, 0.3) is 0 Å². The van der Waals surface area contributed by atoms with Crippen LogP contribution in [0.1, 0.15) is 28.0 Å². The van der Waals surface area contributed by atoms with Crippen LogP contribution in [-0.2, 0) is 0 Å². The Morgan fingerprint density at radius 3 is 2.25 bits per heavy atom. The molecule has 3 rings (SSSR count). The summed E-state index contributed by atoms with van der Waals surface area (Å²) < 4.78 is 21.0. The van der Waals surface area contributed by atoms with Crippen LogP contribution in [0.3, 0.4) is 0 Å². The Hall–Kier alpha value is -2.77. The van der Waals surface area contributed by atoms with Crippen molar-refractivity contribution in [2.75, 3.05) is 34.4 Å². The van der Waals surface area contributed by atoms with Gasteiger partial charge >= 0.3 is 0 Å². The quantitative estimate of drug-likeness (QED) is 0.822. The first kappa shape index (κ1) is 16.1. The van der Waals surface area contributed by atoms with Gasteiger partial charge in [-0.1, -0.05) is 5.16 Å². The summed E-state index contributed by atoms with van der Waals surface area (Å²) in [5, 5.41) is 3.78. The second-order valence-corrected chi connectivity index (χ2v) is 5.50. The third-order valence-electron chi connectivity index (χ3n) is 3.97. The van der Waals surface area contributed by atoms with E-state index >= 15 is 0 Å². The fraction of sp³-hybridized carbons (Fsp3) is 0.438. The normalized spacial score (nSPS) is 14.2. The van der Waals surface area contributed by atoms with Crippen molar-refractivity contribution < 1.29 is 23.5 Å². The highest BCUT2D eigenvalue weighted by Crippen LogP contribution is 2.39. The molecule has 8 nitrogen and oxygen atoms in total. The molecule has 0 N–H and O–H groups in total. The number of benzene rings is 1. The number of carbonyl (C=O) groups excluding carboxylic acids is 1. The van der Waals surface area contributed by atoms with Crippen molar-refractivity contribution in [3.8, 4) is 17.2 Å². The number of likely N-dealkylation sites (tertiary alicyclic amines) is 1. The highest BCUT2D eigenvalue weighted by Gasteiger charge is 2.36. The van der Waals surface area contributed by atoms with Crippen LogP contribution in [0, 0.1) is 6.92 Å². The van der Waals surface area contributed by atoms with E-state index in [1.165, 1.54) is 21.3 Å². The number of methoxy groups -OCH3 is 3. The third kappa shape index (κ3) is 2.75. The van der Waals surface area contributed by atoms with Crippen molar-refractivity contribution in [3.63, 3.8) is 0 Å². The third-order valence-corrected chi connectivity index (χ3v) is 3.97. The monoisotopic (exact) mass is 333 g/mol. The molecule has 1 fully saturated rings. The van der Waals surface area contributed by atoms with Gasteiger partial charge in [0.2, 0.25) is 11.6 Å². The Balaban J connectivity index is 1.76. The van der Waals surface area contributed by atoms with Crippen LogP contribution in [0.15, 0.2) is 16.7 Å². The minimum Gasteiger partial charge on any atom is -0.493 e. The standard InChI is InChI=1S/C16H19N3O5/c1-9-17-15(24-18-9)11-7-19(8-11)16(20)10-5-12(21-2)14(23-4)13(6-10)22-3/h5-6,11H,7-8H2,1-4H3. The van der Waals surface area contributed by atoms with E-state index in [-0.39, 0.29) is 11.8 Å². The van der Waals surface area contributed by atoms with E-state index in [9.17, 15) is 4.79 Å². The van der Waals surface area contributed by atoms with Gasteiger partial charge in [0.15, 0.2) is 17.3 Å². The van der Waals surface area contributed by atoms with E-state index in [2.05, 4.69) is 10.1 Å². The molecule has 24 heavy (non-hydrogen) atoms. The number of rotatable bonds is 5. The molecule has 1 aliphatic heterocycles. The van der Waals surface area contributed by atoms with Gasteiger partial charge in [0.1, 0.15) is 0 Å². The van der Waals surface area contributed by atoms with E-state index < -0.39 is 0 Å². The zero-order chi connectivity index (χ0) is 17.3. The van der Waals surface area contributed by atoms with Gasteiger partial charge in [0.25, 0.3) is 5.91 Å². The summed E-state index contributed by atoms with van der Waals surface area (Å²) in [5.74, 6) is 2.49. The summed E-state index contributed by atoms with van der Waals surface area (Å²) in [7, 11) is 4.56. The predicted octanol–water partition coefficient (Wildman–Crippen LogP) is 1.64. The maximum Gasteiger partial charge on any atom is 0.254 e. The summed E-state index contributed by atoms with van der Waals surface area (Å²) in [6.45, 7) is 2.85. The number of hydrogen-bond acceptors (Lipinski definition) is 7. The van der Waals surface area contributed by atoms with Gasteiger partial charge in [-0.15, -0.1) is 0 Å². The molecule has 0 saturated carbocycles. The molecule has 1 saturated heterocycles. The van der Waals surface area contributed by atoms with E-state index in [0.717, 1.165) is 0 Å². The molecular formula is C16H19N3O5. The fourth-order valence-electron chi connectivity index (χ4n) is 2.67. The molecule has 2 heterocycles. The van der Waals surface area contributed by atoms with Crippen LogP contribution in [0.4, 0.5) is 0 Å². The molecule has 2 aromatic rings. The maximum atomic E-state index is 12.7. The van der Waals surface area contributed by atoms with Gasteiger partial charge in [-0.05, 0) is 19.1 Å². The lowest BCUT2D eigenvalue weighted by molar-refractivity contribution is 0.0568. The Morgan fingerprint density at radius 1 is 1.17 bits per heavy atom. The van der Waals surface area contributed by atoms with Crippen LogP contribution < -0.4 is 14.2 Å². The lowest BCUT2D eigenvalue weighted by Gasteiger charge is -2.37. The molecule has 0 spiro atoms. The van der Waals surface area contributed by atoms with E-state index in [1.807, 2.05) is 0 Å². The second-order valence-electron chi connectivity index (χ2n) is 5.50. The van der Waals surface area contributed by atoms with Crippen molar-refractivity contribution in [1.29, 1.82) is 0 Å². The van der Waals surface area contributed by atoms with Gasteiger partial charge in [0, 0.05) is 18.7 Å². The lowest BCUT2D eigenvalue weighted by Crippen LogP contribution is -2.48. The van der Waals surface area contributed by atoms with Gasteiger partial charge in [-0.3, -0.25) is 4.79 Å². The van der Waals surface area contributed by atoms with Gasteiger partial charge in [0.05, 0.1) is 27.2 Å². The number of carbonyl (C=O) groups is 1. The van der Waals surface area contributed by atoms with Crippen molar-refractivity contribution in [1.82, 2.24) is 15.0 Å². The van der Waals surface area contributed by atoms with Crippen molar-refractivity contribution in [2.45, 2.75) is 12.8 Å². The topological polar surface area (TPSA) is 86.9 Å². The number of nitrogens with zero attached hydrogens (tertiary/aromatic N) is 3. The SMILES string of the molecule is COc1cc(C(=O)N2CC(c3nc(C)no3)C2)cc(OC)c1OC. The molecule has 1 aromatic heterocycles. The van der Waals surface area contributed by atoms with Crippen molar-refractivity contribution >= 4 is 5.91 Å². The molecule has 0 bridgehead atoms. The van der Waals surface area contributed by atoms with Crippen LogP contribution >= 0.6 is 0 Å². The number of ether oxygens (including phenoxy) is 3. The first-order valence-corrected chi connectivity index (χ1v) is 7.46. The minimum atomic E-state index is -0.109. The van der Waals surface area contributed by atoms with Crippen molar-refractivity contribution in [3.05, 3.63) is 29.4 Å². The zero-order valence-electron chi connectivity index (χ0n) is 14.0. The molecule has 0 radical (unpaired) electrons. The van der Waals surface area contributed by atoms with Crippen LogP contribution in [0.5, 0.6) is 17.2 Å². The Kier molecular flexibility index (Phi) is 4.28. The Morgan fingerprint density at radius 2 is 1.79 bits per heavy atom. The zero-order valence-corrected chi connectivity index (χ0v) is 14.0. The van der Waals surface area contributed by atoms with Gasteiger partial charge in [-0.2, -0.15) is 4.98 Å². The molecule has 1 aromatic carbocycles. The van der Waals surface area contributed by atoms with Crippen LogP contribution in [-0.4, -0.2) is 55.4 Å². The molecule has 1 aliphatic rings. The first-order valence-electron chi connectivity index (χ1n) is 7.46. The largest absolute Gasteiger partial charge is 0.493 e. The molecular weight excluding hydrogens is 314 g/mol. The summed E-state index contributed by atoms with van der Waals surface area (Å²) in [5.41, 5.74) is 0.477. The molecule has 128 valence electrons. The number of hydrogen-bond donors (Lipinski definition) is 0. The average Bonchev–Trinajstić information content (AvgIpc) is 2.97. The maximum absolute atomic E-state index is 12.7. The molecule has 8 heteroatoms. The summed E-state index contributed by atoms with van der Waals surface area (Å²) in [6, 6.07) is 3.29. The number of aryl methyl sites for hydroxylation is 1. The number of amides is 1. The highest BCUT2D eigenvalue weighted by molar-refractivity contribution is 5.96. The smallest absolute Gasteiger partial charge is 0.254 e. The number of aromatic nitrogens is 2. The minimum absolute atomic E-state index is 0.0807.